The molecular formula is C50H54ClN11O4. The highest BCUT2D eigenvalue weighted by atomic mass is 35.5. The van der Waals surface area contributed by atoms with Crippen LogP contribution in [0.1, 0.15) is 98.1 Å². The van der Waals surface area contributed by atoms with Crippen molar-refractivity contribution in [2.24, 2.45) is 5.92 Å². The number of rotatable bonds is 11. The summed E-state index contributed by atoms with van der Waals surface area (Å²) in [7, 11) is 0. The summed E-state index contributed by atoms with van der Waals surface area (Å²) in [6, 6.07) is 19.7. The van der Waals surface area contributed by atoms with Gasteiger partial charge in [-0.2, -0.15) is 15.5 Å². The van der Waals surface area contributed by atoms with E-state index in [2.05, 4.69) is 61.6 Å². The minimum atomic E-state index is -0.212. The second-order valence-corrected chi connectivity index (χ2v) is 18.6. The summed E-state index contributed by atoms with van der Waals surface area (Å²) in [5.74, 6) is 1.88. The highest BCUT2D eigenvalue weighted by molar-refractivity contribution is 6.31. The molecule has 4 aromatic heterocycles. The number of aryl methyl sites for hydroxylation is 1. The van der Waals surface area contributed by atoms with Crippen molar-refractivity contribution in [3.8, 4) is 34.3 Å². The fraction of sp³-hybridized carbons (Fsp3) is 0.440. The van der Waals surface area contributed by atoms with Gasteiger partial charge in [0.15, 0.2) is 11.5 Å². The van der Waals surface area contributed by atoms with Gasteiger partial charge in [0.25, 0.3) is 5.91 Å². The molecule has 0 radical (unpaired) electrons. The molecule has 2 aromatic carbocycles. The van der Waals surface area contributed by atoms with Crippen molar-refractivity contribution in [2.45, 2.75) is 102 Å². The van der Waals surface area contributed by atoms with Gasteiger partial charge < -0.3 is 24.6 Å². The maximum Gasteiger partial charge on any atom is 0.272 e. The van der Waals surface area contributed by atoms with Crippen LogP contribution in [-0.4, -0.2) is 96.5 Å². The normalized spacial score (nSPS) is 19.3. The Labute approximate surface area is 389 Å². The minimum absolute atomic E-state index is 0.0276. The molecule has 1 saturated carbocycles. The number of benzene rings is 2. The number of pyridine rings is 1. The third kappa shape index (κ3) is 9.35. The van der Waals surface area contributed by atoms with Crippen LogP contribution in [0.2, 0.25) is 5.02 Å². The number of carbonyl (C=O) groups excluding carboxylic acids is 2. The topological polar surface area (TPSA) is 169 Å². The summed E-state index contributed by atoms with van der Waals surface area (Å²) in [6.07, 6.45) is 15.0. The van der Waals surface area contributed by atoms with E-state index in [1.54, 1.807) is 31.2 Å². The van der Waals surface area contributed by atoms with Crippen molar-refractivity contribution in [1.29, 1.82) is 5.26 Å². The van der Waals surface area contributed by atoms with E-state index in [-0.39, 0.29) is 24.0 Å². The fourth-order valence-electron chi connectivity index (χ4n) is 10.1. The lowest BCUT2D eigenvalue weighted by Gasteiger charge is -2.32. The van der Waals surface area contributed by atoms with Gasteiger partial charge in [0.1, 0.15) is 11.8 Å². The number of piperidine rings is 1. The molecule has 2 saturated heterocycles. The molecule has 0 unspecified atom stereocenters. The van der Waals surface area contributed by atoms with Gasteiger partial charge in [-0.15, -0.1) is 10.2 Å². The number of halogens is 1. The average Bonchev–Trinajstić information content (AvgIpc) is 3.99. The molecule has 66 heavy (non-hydrogen) atoms. The van der Waals surface area contributed by atoms with Gasteiger partial charge in [-0.3, -0.25) is 23.9 Å². The Kier molecular flexibility index (Phi) is 12.7. The van der Waals surface area contributed by atoms with Gasteiger partial charge in [-0.1, -0.05) is 29.8 Å². The molecule has 340 valence electrons. The molecule has 0 spiro atoms. The molecule has 3 fully saturated rings. The number of ether oxygens (including phenoxy) is 2. The van der Waals surface area contributed by atoms with Crippen molar-refractivity contribution >= 4 is 40.0 Å². The smallest absolute Gasteiger partial charge is 0.272 e. The van der Waals surface area contributed by atoms with Gasteiger partial charge in [-0.05, 0) is 99.4 Å². The van der Waals surface area contributed by atoms with Crippen LogP contribution in [-0.2, 0) is 29.0 Å². The summed E-state index contributed by atoms with van der Waals surface area (Å²) >= 11 is 6.17. The van der Waals surface area contributed by atoms with E-state index in [1.807, 2.05) is 28.0 Å². The molecule has 0 bridgehead atoms. The first kappa shape index (κ1) is 43.5. The highest BCUT2D eigenvalue weighted by Gasteiger charge is 2.31. The Morgan fingerprint density at radius 3 is 2.55 bits per heavy atom. The molecule has 7 heterocycles. The number of hydrogen-bond donors (Lipinski definition) is 1. The fourth-order valence-corrected chi connectivity index (χ4v) is 10.3. The lowest BCUT2D eigenvalue weighted by Crippen LogP contribution is -2.40. The van der Waals surface area contributed by atoms with Crippen LogP contribution in [0.3, 0.4) is 0 Å². The van der Waals surface area contributed by atoms with Crippen molar-refractivity contribution in [3.05, 3.63) is 101 Å². The average molecular weight is 909 g/mol. The largest absolute Gasteiger partial charge is 0.490 e. The van der Waals surface area contributed by atoms with E-state index in [0.717, 1.165) is 142 Å². The van der Waals surface area contributed by atoms with Crippen LogP contribution >= 0.6 is 11.6 Å². The Bertz CT molecular complexity index is 2760. The van der Waals surface area contributed by atoms with Crippen LogP contribution < -0.4 is 15.0 Å². The van der Waals surface area contributed by atoms with Crippen LogP contribution in [0, 0.1) is 17.2 Å². The molecule has 1 N–H and O–H groups in total. The maximum atomic E-state index is 13.1. The van der Waals surface area contributed by atoms with Gasteiger partial charge in [-0.25, -0.2) is 0 Å². The summed E-state index contributed by atoms with van der Waals surface area (Å²) in [5.41, 5.74) is 6.96. The first-order valence-corrected chi connectivity index (χ1v) is 23.8. The predicted molar refractivity (Wildman–Crippen MR) is 250 cm³/mol. The highest BCUT2D eigenvalue weighted by Crippen LogP contribution is 2.38. The molecule has 0 atom stereocenters. The summed E-state index contributed by atoms with van der Waals surface area (Å²) in [4.78, 5) is 34.7. The second-order valence-electron chi connectivity index (χ2n) is 18.2. The molecule has 6 aromatic rings. The number of fused-ring (bicyclic) bond motifs is 2. The lowest BCUT2D eigenvalue weighted by atomic mass is 9.92. The van der Waals surface area contributed by atoms with Crippen molar-refractivity contribution in [3.63, 3.8) is 0 Å². The van der Waals surface area contributed by atoms with Crippen molar-refractivity contribution in [1.82, 2.24) is 45.0 Å². The van der Waals surface area contributed by atoms with Crippen LogP contribution in [0.5, 0.6) is 5.75 Å². The number of nitrogens with one attached hydrogen (secondary N) is 1. The second kappa shape index (κ2) is 19.2. The number of amides is 2. The quantitative estimate of drug-likeness (QED) is 0.134. The zero-order valence-corrected chi connectivity index (χ0v) is 38.0. The van der Waals surface area contributed by atoms with Crippen molar-refractivity contribution < 1.29 is 19.1 Å². The van der Waals surface area contributed by atoms with Gasteiger partial charge in [0.2, 0.25) is 5.91 Å². The van der Waals surface area contributed by atoms with E-state index in [0.29, 0.717) is 47.1 Å². The Morgan fingerprint density at radius 1 is 0.955 bits per heavy atom. The minimum Gasteiger partial charge on any atom is -0.490 e. The zero-order valence-electron chi connectivity index (χ0n) is 37.2. The van der Waals surface area contributed by atoms with E-state index in [9.17, 15) is 9.59 Å². The third-order valence-corrected chi connectivity index (χ3v) is 14.3. The Hall–Kier alpha value is -6.37. The maximum absolute atomic E-state index is 13.1. The molecular weight excluding hydrogens is 854 g/mol. The van der Waals surface area contributed by atoms with Crippen molar-refractivity contribution in [2.75, 3.05) is 37.7 Å². The van der Waals surface area contributed by atoms with Gasteiger partial charge >= 0.3 is 0 Å². The number of hydrogen-bond acceptors (Lipinski definition) is 11. The summed E-state index contributed by atoms with van der Waals surface area (Å²) < 4.78 is 16.1. The SMILES string of the molecule is CC(=O)N1CCc2c(c(-c3cccc4cc(-c5cnn(CCC6CCN(c7ccc(C(=O)NC8CCC(Oc9ccc(C#N)c(Cl)c9)CC8)nn7)CC6)c5)ncc34)nn2C2CCOCC2)C1. The number of nitrogens with zero attached hydrogens (tertiary/aromatic N) is 10. The zero-order chi connectivity index (χ0) is 45.1. The molecule has 4 aliphatic rings. The first-order valence-electron chi connectivity index (χ1n) is 23.4. The number of nitriles is 1. The van der Waals surface area contributed by atoms with E-state index < -0.39 is 0 Å². The molecule has 15 nitrogen and oxygen atoms in total. The molecule has 16 heteroatoms. The van der Waals surface area contributed by atoms with E-state index >= 15 is 0 Å². The molecule has 3 aliphatic heterocycles. The summed E-state index contributed by atoms with van der Waals surface area (Å²) in [6.45, 7) is 6.99. The molecule has 1 aliphatic carbocycles. The van der Waals surface area contributed by atoms with Gasteiger partial charge in [0, 0.05) is 112 Å². The van der Waals surface area contributed by atoms with Crippen LogP contribution in [0.4, 0.5) is 5.82 Å². The number of carbonyl (C=O) groups is 2. The summed E-state index contributed by atoms with van der Waals surface area (Å²) in [5, 5.41) is 33.5. The van der Waals surface area contributed by atoms with E-state index in [4.69, 9.17) is 41.5 Å². The number of anilines is 1. The standard InChI is InChI=1S/C50H54ClN11O4/c1-32(63)60-21-16-47-43(31-60)49(58-62(47)38-17-23-65-24-18-38)41-4-2-3-34-25-46(53-29-42(34)41)36-28-54-61(30-36)22-15-33-13-19-59(20-14-33)48-12-11-45(56-57-48)50(64)55-37-6-9-39(10-7-37)66-40-8-5-35(27-52)44(51)26-40/h2-5,8,11-12,25-26,28-30,33,37-39H,6-7,9-10,13-24,31H2,1H3,(H,55,64). The Balaban J connectivity index is 0.709. The number of aromatic nitrogens is 7. The molecule has 2 amide bonds. The van der Waals surface area contributed by atoms with Crippen LogP contribution in [0.25, 0.3) is 33.3 Å². The third-order valence-electron chi connectivity index (χ3n) is 14.0. The van der Waals surface area contributed by atoms with Gasteiger partial charge in [0.05, 0.1) is 40.3 Å². The Morgan fingerprint density at radius 2 is 1.79 bits per heavy atom. The predicted octanol–water partition coefficient (Wildman–Crippen LogP) is 7.96. The van der Waals surface area contributed by atoms with Crippen LogP contribution in [0.15, 0.2) is 73.2 Å². The monoisotopic (exact) mass is 907 g/mol. The first-order chi connectivity index (χ1) is 32.3. The lowest BCUT2D eigenvalue weighted by molar-refractivity contribution is -0.129. The molecule has 10 rings (SSSR count). The van der Waals surface area contributed by atoms with E-state index in [1.165, 1.54) is 5.69 Å².